The number of imidazole rings is 1. The van der Waals surface area contributed by atoms with Crippen molar-refractivity contribution in [3.8, 4) is 11.4 Å². The van der Waals surface area contributed by atoms with E-state index < -0.39 is 6.16 Å². The Morgan fingerprint density at radius 3 is 2.89 bits per heavy atom. The first-order chi connectivity index (χ1) is 8.83. The molecule has 3 rings (SSSR count). The molecule has 0 aliphatic carbocycles. The second-order valence-corrected chi connectivity index (χ2v) is 4.07. The molecule has 1 aromatic carbocycles. The molecule has 1 unspecified atom stereocenters. The number of cyclic esters (lactones) is 2. The summed E-state index contributed by atoms with van der Waals surface area (Å²) in [6.07, 6.45) is 2.77. The molecule has 1 saturated heterocycles. The van der Waals surface area contributed by atoms with Gasteiger partial charge in [-0.25, -0.2) is 9.78 Å². The van der Waals surface area contributed by atoms with Crippen molar-refractivity contribution < 1.29 is 14.3 Å². The van der Waals surface area contributed by atoms with Crippen LogP contribution in [0, 0.1) is 0 Å². The number of rotatable bonds is 3. The number of benzene rings is 1. The minimum absolute atomic E-state index is 0.242. The van der Waals surface area contributed by atoms with Crippen LogP contribution in [0.3, 0.4) is 0 Å². The zero-order valence-corrected chi connectivity index (χ0v) is 9.65. The Labute approximate surface area is 104 Å². The molecule has 5 heteroatoms. The standard InChI is InChI=1S/C13H12N2O3/c16-13-17-9-11(18-13)8-15-7-6-14-12(15)10-4-2-1-3-5-10/h1-7,11H,8-9H2. The molecule has 1 aromatic heterocycles. The van der Waals surface area contributed by atoms with Gasteiger partial charge < -0.3 is 14.0 Å². The van der Waals surface area contributed by atoms with Crippen molar-refractivity contribution in [3.05, 3.63) is 42.7 Å². The lowest BCUT2D eigenvalue weighted by molar-refractivity contribution is 0.114. The van der Waals surface area contributed by atoms with E-state index in [4.69, 9.17) is 9.47 Å². The summed E-state index contributed by atoms with van der Waals surface area (Å²) in [6, 6.07) is 9.88. The molecule has 0 spiro atoms. The largest absolute Gasteiger partial charge is 0.508 e. The van der Waals surface area contributed by atoms with Crippen molar-refractivity contribution in [1.29, 1.82) is 0 Å². The number of carbonyl (C=O) groups is 1. The summed E-state index contributed by atoms with van der Waals surface area (Å²) in [5.41, 5.74) is 1.03. The van der Waals surface area contributed by atoms with Gasteiger partial charge >= 0.3 is 6.16 Å². The summed E-state index contributed by atoms with van der Waals surface area (Å²) in [6.45, 7) is 0.848. The topological polar surface area (TPSA) is 53.4 Å². The molecule has 0 N–H and O–H groups in total. The van der Waals surface area contributed by atoms with E-state index in [1.165, 1.54) is 0 Å². The first kappa shape index (κ1) is 10.8. The van der Waals surface area contributed by atoms with E-state index in [0.717, 1.165) is 11.4 Å². The molecule has 92 valence electrons. The van der Waals surface area contributed by atoms with Crippen molar-refractivity contribution in [2.75, 3.05) is 6.61 Å². The maximum atomic E-state index is 10.9. The zero-order chi connectivity index (χ0) is 12.4. The van der Waals surface area contributed by atoms with Crippen LogP contribution in [0.15, 0.2) is 42.7 Å². The smallest absolute Gasteiger partial charge is 0.430 e. The lowest BCUT2D eigenvalue weighted by Crippen LogP contribution is -2.18. The van der Waals surface area contributed by atoms with Gasteiger partial charge in [0.1, 0.15) is 12.4 Å². The highest BCUT2D eigenvalue weighted by atomic mass is 16.8. The highest BCUT2D eigenvalue weighted by molar-refractivity contribution is 5.62. The Morgan fingerprint density at radius 2 is 2.17 bits per heavy atom. The lowest BCUT2D eigenvalue weighted by atomic mass is 10.2. The summed E-state index contributed by atoms with van der Waals surface area (Å²) >= 11 is 0. The van der Waals surface area contributed by atoms with Crippen LogP contribution < -0.4 is 0 Å². The Kier molecular flexibility index (Phi) is 2.72. The lowest BCUT2D eigenvalue weighted by Gasteiger charge is -2.10. The van der Waals surface area contributed by atoms with Crippen LogP contribution in [-0.4, -0.2) is 28.4 Å². The first-order valence-corrected chi connectivity index (χ1v) is 5.73. The van der Waals surface area contributed by atoms with Crippen LogP contribution in [-0.2, 0) is 16.0 Å². The van der Waals surface area contributed by atoms with Gasteiger partial charge in [-0.3, -0.25) is 0 Å². The van der Waals surface area contributed by atoms with E-state index in [1.807, 2.05) is 41.1 Å². The van der Waals surface area contributed by atoms with Gasteiger partial charge in [-0.15, -0.1) is 0 Å². The van der Waals surface area contributed by atoms with Crippen LogP contribution in [0.4, 0.5) is 4.79 Å². The highest BCUT2D eigenvalue weighted by Crippen LogP contribution is 2.18. The molecule has 2 aromatic rings. The van der Waals surface area contributed by atoms with Gasteiger partial charge in [-0.1, -0.05) is 30.3 Å². The molecule has 1 fully saturated rings. The number of carbonyl (C=O) groups excluding carboxylic acids is 1. The molecule has 0 amide bonds. The Balaban J connectivity index is 1.82. The van der Waals surface area contributed by atoms with Crippen molar-refractivity contribution in [2.24, 2.45) is 0 Å². The summed E-state index contributed by atoms with van der Waals surface area (Å²) in [7, 11) is 0. The molecule has 0 radical (unpaired) electrons. The molecule has 0 bridgehead atoms. The third kappa shape index (κ3) is 2.07. The molecule has 5 nitrogen and oxygen atoms in total. The average Bonchev–Trinajstić information content (AvgIpc) is 3.00. The first-order valence-electron chi connectivity index (χ1n) is 5.73. The van der Waals surface area contributed by atoms with Crippen molar-refractivity contribution in [2.45, 2.75) is 12.6 Å². The predicted octanol–water partition coefficient (Wildman–Crippen LogP) is 2.09. The third-order valence-electron chi connectivity index (χ3n) is 2.80. The predicted molar refractivity (Wildman–Crippen MR) is 63.9 cm³/mol. The summed E-state index contributed by atoms with van der Waals surface area (Å²) in [4.78, 5) is 15.2. The Bertz CT molecular complexity index is 550. The monoisotopic (exact) mass is 244 g/mol. The van der Waals surface area contributed by atoms with Gasteiger partial charge in [-0.2, -0.15) is 0 Å². The number of aromatic nitrogens is 2. The molecule has 1 aliphatic rings. The molecule has 1 aliphatic heterocycles. The molecular weight excluding hydrogens is 232 g/mol. The van der Waals surface area contributed by atoms with Crippen LogP contribution >= 0.6 is 0 Å². The second kappa shape index (κ2) is 4.52. The van der Waals surface area contributed by atoms with Gasteiger partial charge in [0.2, 0.25) is 0 Å². The SMILES string of the molecule is O=C1OCC(Cn2ccnc2-c2ccccc2)O1. The van der Waals surface area contributed by atoms with E-state index >= 15 is 0 Å². The van der Waals surface area contributed by atoms with E-state index in [0.29, 0.717) is 13.2 Å². The van der Waals surface area contributed by atoms with E-state index in [1.54, 1.807) is 6.20 Å². The van der Waals surface area contributed by atoms with Gasteiger partial charge in [0.05, 0.1) is 6.54 Å². The minimum Gasteiger partial charge on any atom is -0.430 e. The number of hydrogen-bond donors (Lipinski definition) is 0. The minimum atomic E-state index is -0.596. The summed E-state index contributed by atoms with van der Waals surface area (Å²) in [5, 5.41) is 0. The van der Waals surface area contributed by atoms with E-state index in [2.05, 4.69) is 4.98 Å². The molecular formula is C13H12N2O3. The second-order valence-electron chi connectivity index (χ2n) is 4.07. The number of ether oxygens (including phenoxy) is 2. The van der Waals surface area contributed by atoms with Gasteiger partial charge in [0.25, 0.3) is 0 Å². The maximum Gasteiger partial charge on any atom is 0.508 e. The summed E-state index contributed by atoms with van der Waals surface area (Å²) in [5.74, 6) is 0.860. The fourth-order valence-electron chi connectivity index (χ4n) is 1.98. The Morgan fingerprint density at radius 1 is 1.33 bits per heavy atom. The average molecular weight is 244 g/mol. The van der Waals surface area contributed by atoms with E-state index in [9.17, 15) is 4.79 Å². The third-order valence-corrected chi connectivity index (χ3v) is 2.80. The van der Waals surface area contributed by atoms with Crippen LogP contribution in [0.5, 0.6) is 0 Å². The Hall–Kier alpha value is -2.30. The van der Waals surface area contributed by atoms with Gasteiger partial charge in [-0.05, 0) is 0 Å². The fourth-order valence-corrected chi connectivity index (χ4v) is 1.98. The summed E-state index contributed by atoms with van der Waals surface area (Å²) < 4.78 is 11.7. The molecule has 18 heavy (non-hydrogen) atoms. The number of nitrogens with zero attached hydrogens (tertiary/aromatic N) is 2. The van der Waals surface area contributed by atoms with Gasteiger partial charge in [0.15, 0.2) is 6.10 Å². The molecule has 1 atom stereocenters. The highest BCUT2D eigenvalue weighted by Gasteiger charge is 2.25. The maximum absolute atomic E-state index is 10.9. The zero-order valence-electron chi connectivity index (χ0n) is 9.65. The quantitative estimate of drug-likeness (QED) is 0.776. The normalized spacial score (nSPS) is 18.4. The molecule has 0 saturated carbocycles. The molecule has 2 heterocycles. The fraction of sp³-hybridized carbons (Fsp3) is 0.231. The van der Waals surface area contributed by atoms with Crippen molar-refractivity contribution in [3.63, 3.8) is 0 Å². The van der Waals surface area contributed by atoms with Crippen LogP contribution in [0.1, 0.15) is 0 Å². The van der Waals surface area contributed by atoms with Crippen molar-refractivity contribution in [1.82, 2.24) is 9.55 Å². The number of hydrogen-bond acceptors (Lipinski definition) is 4. The van der Waals surface area contributed by atoms with Crippen molar-refractivity contribution >= 4 is 6.16 Å². The van der Waals surface area contributed by atoms with Crippen LogP contribution in [0.25, 0.3) is 11.4 Å². The van der Waals surface area contributed by atoms with Crippen LogP contribution in [0.2, 0.25) is 0 Å². The van der Waals surface area contributed by atoms with E-state index in [-0.39, 0.29) is 6.10 Å². The van der Waals surface area contributed by atoms with Gasteiger partial charge in [0, 0.05) is 18.0 Å².